The van der Waals surface area contributed by atoms with E-state index in [1.165, 1.54) is 6.42 Å². The number of aromatic amines is 2. The second kappa shape index (κ2) is 5.12. The topological polar surface area (TPSA) is 65.7 Å². The Bertz CT molecular complexity index is 570. The quantitative estimate of drug-likeness (QED) is 0.838. The highest BCUT2D eigenvalue weighted by atomic mass is 16.1. The molecule has 2 heterocycles. The molecule has 0 spiro atoms. The van der Waals surface area contributed by atoms with Crippen LogP contribution < -0.4 is 0 Å². The average Bonchev–Trinajstić information content (AvgIpc) is 3.17. The molecule has 0 radical (unpaired) electrons. The van der Waals surface area contributed by atoms with Crippen LogP contribution in [0.2, 0.25) is 0 Å². The van der Waals surface area contributed by atoms with E-state index < -0.39 is 0 Å². The van der Waals surface area contributed by atoms with Gasteiger partial charge in [-0.25, -0.2) is 0 Å². The largest absolute Gasteiger partial charge is 0.355 e. The SMILES string of the molecule is O=Cc1ccc(C2(c3ccc(C=O)[nH]3)CCCCC2)[nH]1. The van der Waals surface area contributed by atoms with E-state index in [0.717, 1.165) is 49.6 Å². The summed E-state index contributed by atoms with van der Waals surface area (Å²) in [6.07, 6.45) is 7.30. The molecule has 1 fully saturated rings. The molecule has 1 aliphatic rings. The number of aromatic nitrogens is 2. The van der Waals surface area contributed by atoms with Crippen LogP contribution in [0.5, 0.6) is 0 Å². The van der Waals surface area contributed by atoms with Crippen molar-refractivity contribution >= 4 is 12.6 Å². The number of aldehydes is 2. The normalized spacial score (nSPS) is 17.8. The minimum absolute atomic E-state index is 0.124. The second-order valence-corrected chi connectivity index (χ2v) is 5.53. The summed E-state index contributed by atoms with van der Waals surface area (Å²) in [4.78, 5) is 28.3. The van der Waals surface area contributed by atoms with Crippen molar-refractivity contribution in [3.05, 3.63) is 47.0 Å². The fraction of sp³-hybridized carbons (Fsp3) is 0.375. The molecule has 0 amide bonds. The molecule has 0 aliphatic heterocycles. The van der Waals surface area contributed by atoms with Crippen molar-refractivity contribution < 1.29 is 9.59 Å². The lowest BCUT2D eigenvalue weighted by Gasteiger charge is -2.36. The number of rotatable bonds is 4. The van der Waals surface area contributed by atoms with Gasteiger partial charge in [-0.1, -0.05) is 19.3 Å². The molecule has 20 heavy (non-hydrogen) atoms. The molecule has 0 aromatic carbocycles. The van der Waals surface area contributed by atoms with Gasteiger partial charge in [0.1, 0.15) is 0 Å². The number of nitrogens with one attached hydrogen (secondary N) is 2. The van der Waals surface area contributed by atoms with Gasteiger partial charge in [-0.2, -0.15) is 0 Å². The summed E-state index contributed by atoms with van der Waals surface area (Å²) >= 11 is 0. The first-order valence-corrected chi connectivity index (χ1v) is 7.08. The van der Waals surface area contributed by atoms with Crippen LogP contribution in [0.15, 0.2) is 24.3 Å². The number of carbonyl (C=O) groups is 2. The van der Waals surface area contributed by atoms with Crippen LogP contribution in [-0.4, -0.2) is 22.5 Å². The molecule has 0 bridgehead atoms. The molecule has 0 saturated heterocycles. The van der Waals surface area contributed by atoms with E-state index in [4.69, 9.17) is 0 Å². The van der Waals surface area contributed by atoms with Crippen LogP contribution >= 0.6 is 0 Å². The van der Waals surface area contributed by atoms with E-state index in [-0.39, 0.29) is 5.41 Å². The molecule has 0 unspecified atom stereocenters. The Kier molecular flexibility index (Phi) is 3.30. The van der Waals surface area contributed by atoms with Crippen molar-refractivity contribution in [1.29, 1.82) is 0 Å². The highest BCUT2D eigenvalue weighted by Gasteiger charge is 2.38. The summed E-state index contributed by atoms with van der Waals surface area (Å²) in [6, 6.07) is 7.64. The summed E-state index contributed by atoms with van der Waals surface area (Å²) < 4.78 is 0. The van der Waals surface area contributed by atoms with E-state index in [1.807, 2.05) is 24.3 Å². The highest BCUT2D eigenvalue weighted by molar-refractivity contribution is 5.73. The summed E-state index contributed by atoms with van der Waals surface area (Å²) in [5, 5.41) is 0. The van der Waals surface area contributed by atoms with Crippen molar-refractivity contribution in [1.82, 2.24) is 9.97 Å². The van der Waals surface area contributed by atoms with Gasteiger partial charge in [0.15, 0.2) is 12.6 Å². The van der Waals surface area contributed by atoms with E-state index in [2.05, 4.69) is 9.97 Å². The first kappa shape index (κ1) is 12.9. The maximum absolute atomic E-state index is 10.9. The molecule has 2 aromatic rings. The van der Waals surface area contributed by atoms with Crippen LogP contribution in [0.1, 0.15) is 64.5 Å². The smallest absolute Gasteiger partial charge is 0.166 e. The minimum Gasteiger partial charge on any atom is -0.355 e. The Morgan fingerprint density at radius 1 is 0.800 bits per heavy atom. The molecule has 4 heteroatoms. The molecule has 0 atom stereocenters. The van der Waals surface area contributed by atoms with Crippen LogP contribution in [0.25, 0.3) is 0 Å². The monoisotopic (exact) mass is 270 g/mol. The van der Waals surface area contributed by atoms with Gasteiger partial charge in [0.25, 0.3) is 0 Å². The second-order valence-electron chi connectivity index (χ2n) is 5.53. The van der Waals surface area contributed by atoms with Gasteiger partial charge >= 0.3 is 0 Å². The first-order chi connectivity index (χ1) is 9.78. The van der Waals surface area contributed by atoms with Gasteiger partial charge in [-0.05, 0) is 37.1 Å². The molecule has 1 aliphatic carbocycles. The molecule has 1 saturated carbocycles. The van der Waals surface area contributed by atoms with Crippen molar-refractivity contribution in [3.63, 3.8) is 0 Å². The lowest BCUT2D eigenvalue weighted by Crippen LogP contribution is -2.31. The summed E-state index contributed by atoms with van der Waals surface area (Å²) in [5.41, 5.74) is 3.22. The Morgan fingerprint density at radius 3 is 1.70 bits per heavy atom. The fourth-order valence-electron chi connectivity index (χ4n) is 3.36. The molecule has 2 N–H and O–H groups in total. The van der Waals surface area contributed by atoms with Gasteiger partial charge < -0.3 is 9.97 Å². The van der Waals surface area contributed by atoms with Crippen molar-refractivity contribution in [2.45, 2.75) is 37.5 Å². The van der Waals surface area contributed by atoms with Gasteiger partial charge in [0, 0.05) is 11.4 Å². The van der Waals surface area contributed by atoms with E-state index in [9.17, 15) is 9.59 Å². The summed E-state index contributed by atoms with van der Waals surface area (Å²) in [7, 11) is 0. The maximum Gasteiger partial charge on any atom is 0.166 e. The Hall–Kier alpha value is -2.10. The van der Waals surface area contributed by atoms with Crippen LogP contribution in [0, 0.1) is 0 Å². The number of hydrogen-bond donors (Lipinski definition) is 2. The van der Waals surface area contributed by atoms with Crippen LogP contribution in [0.4, 0.5) is 0 Å². The third kappa shape index (κ3) is 2.01. The molecule has 104 valence electrons. The van der Waals surface area contributed by atoms with Crippen molar-refractivity contribution in [2.75, 3.05) is 0 Å². The fourth-order valence-corrected chi connectivity index (χ4v) is 3.36. The number of hydrogen-bond acceptors (Lipinski definition) is 2. The lowest BCUT2D eigenvalue weighted by atomic mass is 9.69. The minimum atomic E-state index is -0.124. The molecular weight excluding hydrogens is 252 g/mol. The van der Waals surface area contributed by atoms with E-state index >= 15 is 0 Å². The first-order valence-electron chi connectivity index (χ1n) is 7.08. The molecule has 4 nitrogen and oxygen atoms in total. The van der Waals surface area contributed by atoms with Crippen LogP contribution in [-0.2, 0) is 5.41 Å². The Morgan fingerprint density at radius 2 is 1.30 bits per heavy atom. The zero-order valence-electron chi connectivity index (χ0n) is 11.3. The Balaban J connectivity index is 2.07. The molecule has 3 rings (SSSR count). The zero-order valence-corrected chi connectivity index (χ0v) is 11.3. The summed E-state index contributed by atoms with van der Waals surface area (Å²) in [5.74, 6) is 0. The zero-order chi connectivity index (χ0) is 14.0. The van der Waals surface area contributed by atoms with Gasteiger partial charge in [0.2, 0.25) is 0 Å². The highest BCUT2D eigenvalue weighted by Crippen LogP contribution is 2.43. The van der Waals surface area contributed by atoms with Gasteiger partial charge in [-0.3, -0.25) is 9.59 Å². The Labute approximate surface area is 117 Å². The summed E-state index contributed by atoms with van der Waals surface area (Å²) in [6.45, 7) is 0. The third-order valence-electron chi connectivity index (χ3n) is 4.41. The maximum atomic E-state index is 10.9. The molecular formula is C16H18N2O2. The van der Waals surface area contributed by atoms with Gasteiger partial charge in [0.05, 0.1) is 16.8 Å². The van der Waals surface area contributed by atoms with Crippen LogP contribution in [0.3, 0.4) is 0 Å². The third-order valence-corrected chi connectivity index (χ3v) is 4.41. The van der Waals surface area contributed by atoms with E-state index in [0.29, 0.717) is 11.4 Å². The average molecular weight is 270 g/mol. The number of H-pyrrole nitrogens is 2. The molecule has 2 aromatic heterocycles. The van der Waals surface area contributed by atoms with Crippen molar-refractivity contribution in [3.8, 4) is 0 Å². The van der Waals surface area contributed by atoms with Gasteiger partial charge in [-0.15, -0.1) is 0 Å². The number of carbonyl (C=O) groups excluding carboxylic acids is 2. The predicted octanol–water partition coefficient (Wildman–Crippen LogP) is 3.22. The standard InChI is InChI=1S/C16H18N2O2/c19-10-12-4-6-14(17-12)16(8-2-1-3-9-16)15-7-5-13(11-20)18-15/h4-7,10-11,17-18H,1-3,8-9H2. The predicted molar refractivity (Wildman–Crippen MR) is 76.2 cm³/mol. The van der Waals surface area contributed by atoms with E-state index in [1.54, 1.807) is 0 Å². The van der Waals surface area contributed by atoms with Crippen molar-refractivity contribution in [2.24, 2.45) is 0 Å². The lowest BCUT2D eigenvalue weighted by molar-refractivity contribution is 0.111.